The van der Waals surface area contributed by atoms with Crippen molar-refractivity contribution in [1.82, 2.24) is 4.90 Å². The van der Waals surface area contributed by atoms with E-state index >= 15 is 0 Å². The third kappa shape index (κ3) is 5.24. The molecule has 1 saturated heterocycles. The van der Waals surface area contributed by atoms with E-state index in [0.29, 0.717) is 24.5 Å². The maximum absolute atomic E-state index is 12.7. The molecule has 11 heteroatoms. The average molecular weight is 458 g/mol. The predicted molar refractivity (Wildman–Crippen MR) is 114 cm³/mol. The lowest BCUT2D eigenvalue weighted by atomic mass is 10.2. The molecule has 10 nitrogen and oxygen atoms in total. The Kier molecular flexibility index (Phi) is 7.44. The maximum Gasteiger partial charge on any atom is 0.338 e. The lowest BCUT2D eigenvalue weighted by Gasteiger charge is -2.29. The van der Waals surface area contributed by atoms with Gasteiger partial charge in [0.25, 0.3) is 15.9 Å². The molecule has 0 atom stereocenters. The maximum atomic E-state index is 12.7. The van der Waals surface area contributed by atoms with Gasteiger partial charge in [0, 0.05) is 26.1 Å². The number of benzene rings is 1. The van der Waals surface area contributed by atoms with Gasteiger partial charge in [0.1, 0.15) is 10.7 Å². The third-order valence-corrected chi connectivity index (χ3v) is 6.58. The van der Waals surface area contributed by atoms with Gasteiger partial charge >= 0.3 is 5.97 Å². The Bertz CT molecular complexity index is 1100. The Morgan fingerprint density at radius 1 is 1.12 bits per heavy atom. The number of esters is 1. The van der Waals surface area contributed by atoms with Crippen LogP contribution >= 0.6 is 0 Å². The third-order valence-electron chi connectivity index (χ3n) is 5.25. The highest BCUT2D eigenvalue weighted by Crippen LogP contribution is 2.35. The molecule has 3 rings (SSSR count). The molecule has 0 spiro atoms. The molecule has 1 fully saturated rings. The molecule has 0 bridgehead atoms. The van der Waals surface area contributed by atoms with Crippen LogP contribution in [0.5, 0.6) is 0 Å². The normalized spacial score (nSPS) is 16.3. The number of fused-ring (bicyclic) bond motifs is 3. The summed E-state index contributed by atoms with van der Waals surface area (Å²) >= 11 is 0. The van der Waals surface area contributed by atoms with Crippen LogP contribution in [-0.4, -0.2) is 57.3 Å². The topological polar surface area (TPSA) is 144 Å². The quantitative estimate of drug-likeness (QED) is 0.565. The minimum absolute atomic E-state index is 0.00537. The van der Waals surface area contributed by atoms with E-state index in [1.54, 1.807) is 6.07 Å². The van der Waals surface area contributed by atoms with Crippen LogP contribution in [0.2, 0.25) is 0 Å². The van der Waals surface area contributed by atoms with Gasteiger partial charge in [0.15, 0.2) is 6.61 Å². The molecule has 0 radical (unpaired) electrons. The number of amides is 1. The fourth-order valence-electron chi connectivity index (χ4n) is 3.64. The summed E-state index contributed by atoms with van der Waals surface area (Å²) in [6.45, 7) is 0.332. The molecule has 2 aliphatic heterocycles. The zero-order valence-electron chi connectivity index (χ0n) is 17.5. The summed E-state index contributed by atoms with van der Waals surface area (Å²) in [6.07, 6.45) is 3.54. The molecule has 0 unspecified atom stereocenters. The van der Waals surface area contributed by atoms with Crippen LogP contribution < -0.4 is 4.90 Å². The SMILES string of the molecule is N#CCCN(CCC#N)C(=O)COC(=O)c1ccc2c(c1)S(=O)(=O)N=C1CCCCCN12. The lowest BCUT2D eigenvalue weighted by Crippen LogP contribution is -2.36. The first-order valence-corrected chi connectivity index (χ1v) is 11.8. The number of rotatable bonds is 7. The largest absolute Gasteiger partial charge is 0.452 e. The lowest BCUT2D eigenvalue weighted by molar-refractivity contribution is -0.134. The van der Waals surface area contributed by atoms with Crippen molar-refractivity contribution >= 4 is 33.4 Å². The van der Waals surface area contributed by atoms with Gasteiger partial charge in [0.2, 0.25) is 0 Å². The van der Waals surface area contributed by atoms with Crippen molar-refractivity contribution < 1.29 is 22.7 Å². The standard InChI is InChI=1S/C21H23N5O5S/c22-9-4-11-25(12-5-10-23)20(27)15-31-21(28)16-7-8-17-18(14-16)32(29,30)24-19-6-2-1-3-13-26(17)19/h7-8,14H,1-6,11-13,15H2. The molecular formula is C21H23N5O5S. The van der Waals surface area contributed by atoms with Crippen LogP contribution in [0.1, 0.15) is 48.9 Å². The van der Waals surface area contributed by atoms with E-state index in [4.69, 9.17) is 15.3 Å². The molecule has 32 heavy (non-hydrogen) atoms. The van der Waals surface area contributed by atoms with Crippen LogP contribution in [0.25, 0.3) is 0 Å². The van der Waals surface area contributed by atoms with Gasteiger partial charge in [-0.05, 0) is 31.0 Å². The first-order chi connectivity index (χ1) is 15.4. The van der Waals surface area contributed by atoms with Gasteiger partial charge in [-0.1, -0.05) is 6.42 Å². The van der Waals surface area contributed by atoms with E-state index in [0.717, 1.165) is 19.3 Å². The molecule has 0 aromatic heterocycles. The number of hydrogen-bond acceptors (Lipinski definition) is 8. The number of nitriles is 2. The highest BCUT2D eigenvalue weighted by atomic mass is 32.2. The van der Waals surface area contributed by atoms with Crippen LogP contribution in [0.4, 0.5) is 5.69 Å². The van der Waals surface area contributed by atoms with Crippen molar-refractivity contribution in [2.24, 2.45) is 4.40 Å². The predicted octanol–water partition coefficient (Wildman–Crippen LogP) is 1.98. The van der Waals surface area contributed by atoms with E-state index in [-0.39, 0.29) is 36.4 Å². The highest BCUT2D eigenvalue weighted by Gasteiger charge is 2.32. The first kappa shape index (κ1) is 23.2. The van der Waals surface area contributed by atoms with Crippen molar-refractivity contribution in [3.63, 3.8) is 0 Å². The zero-order valence-corrected chi connectivity index (χ0v) is 18.3. The summed E-state index contributed by atoms with van der Waals surface area (Å²) in [6, 6.07) is 8.11. The van der Waals surface area contributed by atoms with Gasteiger partial charge in [-0.15, -0.1) is 4.40 Å². The number of amidine groups is 1. The molecule has 1 amide bonds. The highest BCUT2D eigenvalue weighted by molar-refractivity contribution is 7.90. The van der Waals surface area contributed by atoms with Gasteiger partial charge in [-0.3, -0.25) is 4.79 Å². The van der Waals surface area contributed by atoms with E-state index in [2.05, 4.69) is 4.40 Å². The zero-order chi connectivity index (χ0) is 23.1. The summed E-state index contributed by atoms with van der Waals surface area (Å²) in [5.74, 6) is -0.860. The van der Waals surface area contributed by atoms with Gasteiger partial charge in [-0.25, -0.2) is 4.79 Å². The van der Waals surface area contributed by atoms with E-state index in [1.807, 2.05) is 17.0 Å². The second-order valence-electron chi connectivity index (χ2n) is 7.40. The van der Waals surface area contributed by atoms with Gasteiger partial charge in [0.05, 0.1) is 36.2 Å². The Balaban J connectivity index is 1.74. The van der Waals surface area contributed by atoms with Crippen molar-refractivity contribution in [2.75, 3.05) is 31.1 Å². The molecular weight excluding hydrogens is 434 g/mol. The second-order valence-corrected chi connectivity index (χ2v) is 8.97. The fourth-order valence-corrected chi connectivity index (χ4v) is 4.92. The van der Waals surface area contributed by atoms with Gasteiger partial charge < -0.3 is 14.5 Å². The smallest absolute Gasteiger partial charge is 0.338 e. The Morgan fingerprint density at radius 3 is 2.53 bits per heavy atom. The number of sulfonamides is 1. The number of hydrogen-bond donors (Lipinski definition) is 0. The number of carbonyl (C=O) groups excluding carboxylic acids is 2. The van der Waals surface area contributed by atoms with E-state index in [9.17, 15) is 18.0 Å². The Hall–Kier alpha value is -3.44. The molecule has 0 N–H and O–H groups in total. The summed E-state index contributed by atoms with van der Waals surface area (Å²) in [5, 5.41) is 17.4. The minimum atomic E-state index is -3.95. The molecule has 2 aliphatic rings. The van der Waals surface area contributed by atoms with Crippen molar-refractivity contribution in [3.8, 4) is 12.1 Å². The first-order valence-electron chi connectivity index (χ1n) is 10.3. The van der Waals surface area contributed by atoms with Gasteiger partial charge in [-0.2, -0.15) is 18.9 Å². The van der Waals surface area contributed by atoms with Crippen molar-refractivity contribution in [2.45, 2.75) is 43.4 Å². The molecule has 1 aromatic rings. The molecule has 168 valence electrons. The van der Waals surface area contributed by atoms with Crippen molar-refractivity contribution in [1.29, 1.82) is 10.5 Å². The van der Waals surface area contributed by atoms with Crippen LogP contribution in [0.15, 0.2) is 27.5 Å². The monoisotopic (exact) mass is 457 g/mol. The summed E-state index contributed by atoms with van der Waals surface area (Å²) in [7, 11) is -3.95. The van der Waals surface area contributed by atoms with E-state index in [1.165, 1.54) is 17.0 Å². The average Bonchev–Trinajstić information content (AvgIpc) is 3.02. The van der Waals surface area contributed by atoms with Crippen molar-refractivity contribution in [3.05, 3.63) is 23.8 Å². The summed E-state index contributed by atoms with van der Waals surface area (Å²) < 4.78 is 34.4. The number of carbonyl (C=O) groups is 2. The number of nitrogens with zero attached hydrogens (tertiary/aromatic N) is 5. The molecule has 1 aromatic carbocycles. The number of ether oxygens (including phenoxy) is 1. The molecule has 0 aliphatic carbocycles. The minimum Gasteiger partial charge on any atom is -0.452 e. The van der Waals surface area contributed by atoms with Crippen LogP contribution in [-0.2, 0) is 19.6 Å². The molecule has 0 saturated carbocycles. The molecule has 2 heterocycles. The van der Waals surface area contributed by atoms with E-state index < -0.39 is 28.5 Å². The second kappa shape index (κ2) is 10.2. The fraction of sp³-hybridized carbons (Fsp3) is 0.476. The van der Waals surface area contributed by atoms with Crippen LogP contribution in [0.3, 0.4) is 0 Å². The summed E-state index contributed by atoms with van der Waals surface area (Å²) in [4.78, 5) is 27.9. The van der Waals surface area contributed by atoms with Crippen LogP contribution in [0, 0.1) is 22.7 Å². The summed E-state index contributed by atoms with van der Waals surface area (Å²) in [5.41, 5.74) is 0.484. The Morgan fingerprint density at radius 2 is 1.84 bits per heavy atom. The number of anilines is 1. The Labute approximate surface area is 186 Å².